The van der Waals surface area contributed by atoms with Crippen molar-refractivity contribution in [3.05, 3.63) is 93.3 Å². The molecule has 27 heavy (non-hydrogen) atoms. The molecule has 0 N–H and O–H groups in total. The third-order valence-corrected chi connectivity index (χ3v) is 4.78. The lowest BCUT2D eigenvalue weighted by Crippen LogP contribution is -2.18. The minimum Gasteiger partial charge on any atom is -0.487 e. The smallest absolute Gasteiger partial charge is 0.222 e. The van der Waals surface area contributed by atoms with Crippen molar-refractivity contribution in [3.63, 3.8) is 0 Å². The highest BCUT2D eigenvalue weighted by Crippen LogP contribution is 2.36. The summed E-state index contributed by atoms with van der Waals surface area (Å²) in [5, 5.41) is 0.767. The molecule has 3 rings (SSSR count). The number of nitrogens with zero attached hydrogens (tertiary/aromatic N) is 3. The summed E-state index contributed by atoms with van der Waals surface area (Å²) in [6.45, 7) is 11.8. The molecule has 1 heterocycles. The second-order valence-corrected chi connectivity index (χ2v) is 7.34. The lowest BCUT2D eigenvalue weighted by Gasteiger charge is -2.27. The maximum Gasteiger partial charge on any atom is 0.222 e. The summed E-state index contributed by atoms with van der Waals surface area (Å²) in [5.41, 5.74) is 3.03. The molecule has 0 atom stereocenters. The molecule has 0 unspecified atom stereocenters. The van der Waals surface area contributed by atoms with Crippen molar-refractivity contribution in [2.75, 3.05) is 0 Å². The molecule has 0 amide bonds. The summed E-state index contributed by atoms with van der Waals surface area (Å²) in [5.74, 6) is 0.734. The largest absolute Gasteiger partial charge is 0.487 e. The number of halogens is 2. The summed E-state index contributed by atoms with van der Waals surface area (Å²) in [6.07, 6.45) is 1.60. The van der Waals surface area contributed by atoms with Gasteiger partial charge in [-0.2, -0.15) is 0 Å². The Balaban J connectivity index is 1.78. The summed E-state index contributed by atoms with van der Waals surface area (Å²) < 4.78 is 5.77. The Morgan fingerprint density at radius 2 is 1.78 bits per heavy atom. The predicted molar refractivity (Wildman–Crippen MR) is 108 cm³/mol. The molecule has 4 nitrogen and oxygen atoms in total. The molecular weight excluding hydrogens is 381 g/mol. The van der Waals surface area contributed by atoms with E-state index in [1.807, 2.05) is 36.4 Å². The fourth-order valence-corrected chi connectivity index (χ4v) is 3.14. The van der Waals surface area contributed by atoms with Gasteiger partial charge < -0.3 is 4.74 Å². The Bertz CT molecular complexity index is 995. The molecule has 0 fully saturated rings. The monoisotopic (exact) mass is 397 g/mol. The van der Waals surface area contributed by atoms with Crippen molar-refractivity contribution in [1.29, 1.82) is 0 Å². The van der Waals surface area contributed by atoms with Gasteiger partial charge in [-0.15, -0.1) is 0 Å². The Morgan fingerprint density at radius 3 is 2.44 bits per heavy atom. The van der Waals surface area contributed by atoms with Crippen LogP contribution in [0.4, 0.5) is 5.69 Å². The van der Waals surface area contributed by atoms with Crippen LogP contribution >= 0.6 is 23.2 Å². The standard InChI is InChI=1S/C21H17Cl2N3O/c1-21(2,15-10-16(22)12-18(11-15)24-3)14-4-6-19(7-5-14)27-13-17-8-9-25-20(23)26-17/h4-12H,13H2,1-2H3. The molecule has 0 spiro atoms. The van der Waals surface area contributed by atoms with Crippen LogP contribution in [0.5, 0.6) is 5.75 Å². The van der Waals surface area contributed by atoms with Crippen LogP contribution in [0, 0.1) is 6.57 Å². The van der Waals surface area contributed by atoms with Crippen molar-refractivity contribution in [2.45, 2.75) is 25.9 Å². The Kier molecular flexibility index (Phi) is 5.65. The minimum absolute atomic E-state index is 0.202. The van der Waals surface area contributed by atoms with E-state index >= 15 is 0 Å². The van der Waals surface area contributed by atoms with Gasteiger partial charge in [0.1, 0.15) is 12.4 Å². The van der Waals surface area contributed by atoms with E-state index in [-0.39, 0.29) is 10.7 Å². The fraction of sp³-hybridized carbons (Fsp3) is 0.190. The van der Waals surface area contributed by atoms with E-state index in [9.17, 15) is 0 Å². The molecule has 0 aliphatic rings. The van der Waals surface area contributed by atoms with Gasteiger partial charge in [-0.05, 0) is 53.1 Å². The van der Waals surface area contributed by atoms with Gasteiger partial charge >= 0.3 is 0 Å². The molecule has 2 aromatic carbocycles. The summed E-state index contributed by atoms with van der Waals surface area (Å²) in [4.78, 5) is 11.5. The average Bonchev–Trinajstić information content (AvgIpc) is 2.66. The van der Waals surface area contributed by atoms with Gasteiger partial charge in [0.25, 0.3) is 0 Å². The third kappa shape index (κ3) is 4.57. The lowest BCUT2D eigenvalue weighted by molar-refractivity contribution is 0.301. The van der Waals surface area contributed by atoms with E-state index in [0.29, 0.717) is 23.0 Å². The molecule has 0 aliphatic carbocycles. The maximum atomic E-state index is 7.24. The van der Waals surface area contributed by atoms with Gasteiger partial charge in [0.2, 0.25) is 5.28 Å². The highest BCUT2D eigenvalue weighted by molar-refractivity contribution is 6.31. The SMILES string of the molecule is [C-]#[N+]c1cc(Cl)cc(C(C)(C)c2ccc(OCc3ccnc(Cl)n3)cc2)c1. The Morgan fingerprint density at radius 1 is 1.04 bits per heavy atom. The lowest BCUT2D eigenvalue weighted by atomic mass is 9.78. The van der Waals surface area contributed by atoms with Crippen molar-refractivity contribution in [1.82, 2.24) is 9.97 Å². The summed E-state index contributed by atoms with van der Waals surface area (Å²) in [7, 11) is 0. The number of hydrogen-bond acceptors (Lipinski definition) is 3. The van der Waals surface area contributed by atoms with Gasteiger partial charge in [-0.3, -0.25) is 0 Å². The molecule has 136 valence electrons. The molecule has 0 saturated carbocycles. The first kappa shape index (κ1) is 19.2. The zero-order valence-electron chi connectivity index (χ0n) is 14.9. The number of hydrogen-bond donors (Lipinski definition) is 0. The highest BCUT2D eigenvalue weighted by atomic mass is 35.5. The molecular formula is C21H17Cl2N3O. The molecule has 1 aromatic heterocycles. The molecule has 0 saturated heterocycles. The molecule has 0 aliphatic heterocycles. The first-order valence-corrected chi connectivity index (χ1v) is 9.03. The maximum absolute atomic E-state index is 7.24. The van der Waals surface area contributed by atoms with Gasteiger partial charge in [-0.1, -0.05) is 43.6 Å². The van der Waals surface area contributed by atoms with Crippen LogP contribution in [0.25, 0.3) is 4.85 Å². The topological polar surface area (TPSA) is 39.4 Å². The zero-order chi connectivity index (χ0) is 19.4. The van der Waals surface area contributed by atoms with Crippen molar-refractivity contribution < 1.29 is 4.74 Å². The zero-order valence-corrected chi connectivity index (χ0v) is 16.4. The van der Waals surface area contributed by atoms with E-state index in [2.05, 4.69) is 28.7 Å². The van der Waals surface area contributed by atoms with Crippen LogP contribution in [-0.2, 0) is 12.0 Å². The molecule has 6 heteroatoms. The number of rotatable bonds is 5. The number of ether oxygens (including phenoxy) is 1. The Hall–Kier alpha value is -2.61. The second kappa shape index (κ2) is 7.96. The van der Waals surface area contributed by atoms with E-state index < -0.39 is 0 Å². The third-order valence-electron chi connectivity index (χ3n) is 4.38. The van der Waals surface area contributed by atoms with Crippen molar-refractivity contribution in [3.8, 4) is 5.75 Å². The van der Waals surface area contributed by atoms with Gasteiger partial charge in [0.15, 0.2) is 5.69 Å². The molecule has 0 radical (unpaired) electrons. The van der Waals surface area contributed by atoms with E-state index in [1.165, 1.54) is 0 Å². The van der Waals surface area contributed by atoms with Crippen LogP contribution in [0.1, 0.15) is 30.7 Å². The summed E-state index contributed by atoms with van der Waals surface area (Å²) >= 11 is 12.0. The van der Waals surface area contributed by atoms with Crippen LogP contribution in [-0.4, -0.2) is 9.97 Å². The number of benzene rings is 2. The first-order valence-electron chi connectivity index (χ1n) is 8.28. The quantitative estimate of drug-likeness (QED) is 0.377. The van der Waals surface area contributed by atoms with Crippen LogP contribution in [0.15, 0.2) is 54.7 Å². The van der Waals surface area contributed by atoms with Gasteiger partial charge in [0.05, 0.1) is 12.3 Å². The van der Waals surface area contributed by atoms with Crippen molar-refractivity contribution >= 4 is 28.9 Å². The van der Waals surface area contributed by atoms with Gasteiger partial charge in [-0.25, -0.2) is 14.8 Å². The van der Waals surface area contributed by atoms with Crippen molar-refractivity contribution in [2.24, 2.45) is 0 Å². The minimum atomic E-state index is -0.303. The summed E-state index contributed by atoms with van der Waals surface area (Å²) in [6, 6.07) is 15.1. The average molecular weight is 398 g/mol. The van der Waals surface area contributed by atoms with E-state index in [1.54, 1.807) is 18.3 Å². The van der Waals surface area contributed by atoms with Crippen LogP contribution < -0.4 is 4.74 Å². The van der Waals surface area contributed by atoms with Crippen LogP contribution in [0.2, 0.25) is 10.3 Å². The van der Waals surface area contributed by atoms with Gasteiger partial charge in [0, 0.05) is 16.6 Å². The molecule has 3 aromatic rings. The normalized spacial score (nSPS) is 11.1. The first-order chi connectivity index (χ1) is 12.9. The fourth-order valence-electron chi connectivity index (χ4n) is 2.74. The Labute approximate surface area is 168 Å². The van der Waals surface area contributed by atoms with Crippen LogP contribution in [0.3, 0.4) is 0 Å². The highest BCUT2D eigenvalue weighted by Gasteiger charge is 2.24. The molecule has 0 bridgehead atoms. The van der Waals surface area contributed by atoms with E-state index in [0.717, 1.165) is 16.9 Å². The second-order valence-electron chi connectivity index (χ2n) is 6.56. The number of aromatic nitrogens is 2. The van der Waals surface area contributed by atoms with E-state index in [4.69, 9.17) is 34.5 Å². The predicted octanol–water partition coefficient (Wildman–Crippen LogP) is 6.24.